The van der Waals surface area contributed by atoms with E-state index in [0.717, 1.165) is 33.6 Å². The second-order valence-corrected chi connectivity index (χ2v) is 11.4. The Balaban J connectivity index is 1.22. The van der Waals surface area contributed by atoms with Gasteiger partial charge in [-0.05, 0) is 84.9 Å². The summed E-state index contributed by atoms with van der Waals surface area (Å²) >= 11 is 0. The van der Waals surface area contributed by atoms with Crippen molar-refractivity contribution in [3.05, 3.63) is 169 Å². The van der Waals surface area contributed by atoms with Crippen molar-refractivity contribution < 1.29 is 0 Å². The molecular formula is C42H31N3. The van der Waals surface area contributed by atoms with Gasteiger partial charge in [0.15, 0.2) is 0 Å². The van der Waals surface area contributed by atoms with Crippen LogP contribution in [0.1, 0.15) is 18.1 Å². The average Bonchev–Trinajstić information content (AvgIpc) is 3.61. The molecule has 8 rings (SSSR count). The topological polar surface area (TPSA) is 22.2 Å². The molecule has 0 aliphatic carbocycles. The van der Waals surface area contributed by atoms with Crippen LogP contribution in [0, 0.1) is 0 Å². The molecule has 0 aliphatic heterocycles. The first-order valence-corrected chi connectivity index (χ1v) is 15.2. The third-order valence-corrected chi connectivity index (χ3v) is 8.76. The van der Waals surface area contributed by atoms with Crippen LogP contribution in [-0.4, -0.2) is 15.9 Å². The number of hydrogen-bond donors (Lipinski definition) is 0. The Kier molecular flexibility index (Phi) is 6.50. The zero-order chi connectivity index (χ0) is 30.3. The van der Waals surface area contributed by atoms with Crippen molar-refractivity contribution in [2.45, 2.75) is 6.92 Å². The summed E-state index contributed by atoms with van der Waals surface area (Å²) in [5, 5.41) is 5.02. The largest absolute Gasteiger partial charge is 0.309 e. The number of para-hydroxylation sites is 4. The van der Waals surface area contributed by atoms with Crippen molar-refractivity contribution in [3.8, 4) is 11.4 Å². The van der Waals surface area contributed by atoms with E-state index in [2.05, 4.69) is 179 Å². The fourth-order valence-electron chi connectivity index (χ4n) is 6.73. The van der Waals surface area contributed by atoms with E-state index < -0.39 is 0 Å². The van der Waals surface area contributed by atoms with E-state index in [1.54, 1.807) is 0 Å². The number of fused-ring (bicyclic) bond motifs is 6. The average molecular weight is 578 g/mol. The summed E-state index contributed by atoms with van der Waals surface area (Å²) in [5.74, 6) is 0. The van der Waals surface area contributed by atoms with Crippen LogP contribution >= 0.6 is 0 Å². The summed E-state index contributed by atoms with van der Waals surface area (Å²) in [6, 6.07) is 51.9. The molecule has 0 spiro atoms. The summed E-state index contributed by atoms with van der Waals surface area (Å²) in [4.78, 5) is 4.21. The number of hydrogen-bond acceptors (Lipinski definition) is 1. The van der Waals surface area contributed by atoms with Gasteiger partial charge in [0.1, 0.15) is 0 Å². The van der Waals surface area contributed by atoms with Gasteiger partial charge in [-0.3, -0.25) is 4.99 Å². The van der Waals surface area contributed by atoms with E-state index in [-0.39, 0.29) is 0 Å². The number of rotatable bonds is 6. The molecule has 8 aromatic rings. The summed E-state index contributed by atoms with van der Waals surface area (Å²) in [6.45, 7) is 5.97. The first kappa shape index (κ1) is 26.7. The molecule has 0 bridgehead atoms. The Labute approximate surface area is 262 Å². The van der Waals surface area contributed by atoms with Crippen LogP contribution in [0.25, 0.3) is 66.1 Å². The monoisotopic (exact) mass is 577 g/mol. The van der Waals surface area contributed by atoms with Crippen molar-refractivity contribution in [3.63, 3.8) is 0 Å². The van der Waals surface area contributed by atoms with Crippen LogP contribution in [-0.2, 0) is 0 Å². The van der Waals surface area contributed by atoms with E-state index in [1.165, 1.54) is 43.6 Å². The van der Waals surface area contributed by atoms with Crippen LogP contribution in [0.2, 0.25) is 0 Å². The molecule has 3 nitrogen and oxygen atoms in total. The highest BCUT2D eigenvalue weighted by Gasteiger charge is 2.14. The van der Waals surface area contributed by atoms with Crippen molar-refractivity contribution in [1.82, 2.24) is 9.13 Å². The first-order valence-electron chi connectivity index (χ1n) is 15.2. The number of aliphatic imine (C=N–C) groups is 1. The molecule has 0 saturated heterocycles. The minimum atomic E-state index is 1.01. The van der Waals surface area contributed by atoms with Gasteiger partial charge in [-0.1, -0.05) is 97.1 Å². The zero-order valence-corrected chi connectivity index (χ0v) is 25.1. The Morgan fingerprint density at radius 1 is 0.511 bits per heavy atom. The van der Waals surface area contributed by atoms with Gasteiger partial charge in [-0.25, -0.2) is 0 Å². The predicted octanol–water partition coefficient (Wildman–Crippen LogP) is 11.0. The molecule has 0 radical (unpaired) electrons. The normalized spacial score (nSPS) is 12.5. The number of nitrogens with zero attached hydrogens (tertiary/aromatic N) is 3. The summed E-state index contributed by atoms with van der Waals surface area (Å²) in [5.41, 5.74) is 11.4. The lowest BCUT2D eigenvalue weighted by molar-refractivity contribution is 1.18. The lowest BCUT2D eigenvalue weighted by atomic mass is 9.99. The minimum absolute atomic E-state index is 1.01. The van der Waals surface area contributed by atoms with Gasteiger partial charge < -0.3 is 9.13 Å². The van der Waals surface area contributed by atoms with Gasteiger partial charge in [-0.15, -0.1) is 0 Å². The highest BCUT2D eigenvalue weighted by Crippen LogP contribution is 2.35. The smallest absolute Gasteiger partial charge is 0.0541 e. The molecule has 0 saturated carbocycles. The third kappa shape index (κ3) is 4.49. The Hall–Kier alpha value is -5.93. The molecule has 2 heterocycles. The molecule has 0 fully saturated rings. The molecule has 2 aromatic heterocycles. The van der Waals surface area contributed by atoms with Gasteiger partial charge in [0.05, 0.1) is 22.1 Å². The van der Waals surface area contributed by atoms with E-state index in [4.69, 9.17) is 0 Å². The molecule has 0 atom stereocenters. The van der Waals surface area contributed by atoms with Crippen LogP contribution in [0.3, 0.4) is 0 Å². The molecule has 6 aromatic carbocycles. The fraction of sp³-hybridized carbons (Fsp3) is 0.0238. The van der Waals surface area contributed by atoms with E-state index in [1.807, 2.05) is 6.20 Å². The summed E-state index contributed by atoms with van der Waals surface area (Å²) < 4.78 is 4.71. The molecule has 0 unspecified atom stereocenters. The van der Waals surface area contributed by atoms with Crippen LogP contribution in [0.4, 0.5) is 0 Å². The van der Waals surface area contributed by atoms with E-state index in [0.29, 0.717) is 0 Å². The number of benzene rings is 6. The molecular weight excluding hydrogens is 546 g/mol. The maximum Gasteiger partial charge on any atom is 0.0541 e. The predicted molar refractivity (Wildman–Crippen MR) is 193 cm³/mol. The lowest BCUT2D eigenvalue weighted by Crippen LogP contribution is -1.96. The van der Waals surface area contributed by atoms with Crippen LogP contribution < -0.4 is 0 Å². The Bertz CT molecular complexity index is 2360. The zero-order valence-electron chi connectivity index (χ0n) is 25.1. The summed E-state index contributed by atoms with van der Waals surface area (Å²) in [6.07, 6.45) is 4.07. The van der Waals surface area contributed by atoms with Gasteiger partial charge >= 0.3 is 0 Å². The first-order chi connectivity index (χ1) is 22.2. The Morgan fingerprint density at radius 2 is 0.911 bits per heavy atom. The van der Waals surface area contributed by atoms with Crippen molar-refractivity contribution in [2.24, 2.45) is 4.99 Å². The fourth-order valence-corrected chi connectivity index (χ4v) is 6.73. The highest BCUT2D eigenvalue weighted by molar-refractivity contribution is 6.10. The van der Waals surface area contributed by atoms with E-state index in [9.17, 15) is 0 Å². The molecule has 0 aliphatic rings. The second kappa shape index (κ2) is 11.0. The van der Waals surface area contributed by atoms with Crippen molar-refractivity contribution in [2.75, 3.05) is 0 Å². The molecule has 45 heavy (non-hydrogen) atoms. The second-order valence-electron chi connectivity index (χ2n) is 11.4. The van der Waals surface area contributed by atoms with Gasteiger partial charge in [-0.2, -0.15) is 0 Å². The third-order valence-electron chi connectivity index (χ3n) is 8.76. The standard InChI is InChI=1S/C42H31N3/c1-29(30-13-11-15-33(26-30)44-39-21-7-3-17-35(39)36-18-4-8-22-40(36)44)25-32(28-43-2)31-14-12-16-34(27-31)45-41-23-9-5-19-37(41)38-20-6-10-24-42(38)45/h3-28H,2H2,1H3/b29-25+,32-28+. The van der Waals surface area contributed by atoms with E-state index >= 15 is 0 Å². The van der Waals surface area contributed by atoms with Gasteiger partial charge in [0.25, 0.3) is 0 Å². The van der Waals surface area contributed by atoms with Crippen molar-refractivity contribution >= 4 is 61.5 Å². The van der Waals surface area contributed by atoms with Crippen LogP contribution in [0.15, 0.2) is 163 Å². The lowest BCUT2D eigenvalue weighted by Gasteiger charge is -2.12. The van der Waals surface area contributed by atoms with Gasteiger partial charge in [0.2, 0.25) is 0 Å². The van der Waals surface area contributed by atoms with Crippen molar-refractivity contribution in [1.29, 1.82) is 0 Å². The molecule has 3 heteroatoms. The maximum atomic E-state index is 4.21. The quantitative estimate of drug-likeness (QED) is 0.139. The Morgan fingerprint density at radius 3 is 1.36 bits per heavy atom. The minimum Gasteiger partial charge on any atom is -0.309 e. The number of aromatic nitrogens is 2. The molecule has 214 valence electrons. The summed E-state index contributed by atoms with van der Waals surface area (Å²) in [7, 11) is 0. The maximum absolute atomic E-state index is 4.21. The highest BCUT2D eigenvalue weighted by atomic mass is 15.0. The van der Waals surface area contributed by atoms with Crippen LogP contribution in [0.5, 0.6) is 0 Å². The number of allylic oxidation sites excluding steroid dienone is 3. The molecule has 0 amide bonds. The molecule has 0 N–H and O–H groups in total. The van der Waals surface area contributed by atoms with Gasteiger partial charge in [0, 0.05) is 44.7 Å². The SMILES string of the molecule is C=N/C=C(\C=C(/C)c1cccc(-n2c3ccccc3c3ccccc32)c1)c1cccc(-n2c3ccccc3c3ccccc32)c1.